The molecule has 1 aliphatic heterocycles. The highest BCUT2D eigenvalue weighted by Crippen LogP contribution is 2.31. The second kappa shape index (κ2) is 5.78. The Balaban J connectivity index is 2.19. The van der Waals surface area contributed by atoms with Gasteiger partial charge in [0.25, 0.3) is 0 Å². The lowest BCUT2D eigenvalue weighted by atomic mass is 10.1. The fourth-order valence-corrected chi connectivity index (χ4v) is 2.70. The number of nitrogens with zero attached hydrogens (tertiary/aromatic N) is 2. The Morgan fingerprint density at radius 3 is 2.63 bits per heavy atom. The molecule has 0 aliphatic carbocycles. The van der Waals surface area contributed by atoms with Crippen LogP contribution >= 0.6 is 0 Å². The molecule has 1 fully saturated rings. The molecule has 1 aromatic rings. The van der Waals surface area contributed by atoms with Gasteiger partial charge in [-0.25, -0.2) is 4.39 Å². The van der Waals surface area contributed by atoms with Gasteiger partial charge < -0.3 is 9.64 Å². The third-order valence-corrected chi connectivity index (χ3v) is 3.84. The Morgan fingerprint density at radius 1 is 1.32 bits per heavy atom. The van der Waals surface area contributed by atoms with Gasteiger partial charge in [-0.15, -0.1) is 0 Å². The van der Waals surface area contributed by atoms with E-state index in [4.69, 9.17) is 4.74 Å². The molecule has 3 nitrogen and oxygen atoms in total. The summed E-state index contributed by atoms with van der Waals surface area (Å²) in [5.74, 6) is 0.360. The van der Waals surface area contributed by atoms with E-state index in [1.807, 2.05) is 6.07 Å². The van der Waals surface area contributed by atoms with E-state index in [9.17, 15) is 4.39 Å². The minimum Gasteiger partial charge on any atom is -0.494 e. The molecule has 0 N–H and O–H groups in total. The zero-order valence-electron chi connectivity index (χ0n) is 12.2. The second-order valence-electron chi connectivity index (χ2n) is 5.45. The highest BCUT2D eigenvalue weighted by atomic mass is 19.1. The molecule has 0 saturated carbocycles. The lowest BCUT2D eigenvalue weighted by molar-refractivity contribution is 0.185. The van der Waals surface area contributed by atoms with Gasteiger partial charge in [-0.2, -0.15) is 0 Å². The van der Waals surface area contributed by atoms with Crippen molar-refractivity contribution in [1.29, 1.82) is 0 Å². The summed E-state index contributed by atoms with van der Waals surface area (Å²) in [5.41, 5.74) is 0.986. The number of hydrogen-bond donors (Lipinski definition) is 0. The molecule has 19 heavy (non-hydrogen) atoms. The van der Waals surface area contributed by atoms with Crippen molar-refractivity contribution in [3.05, 3.63) is 24.0 Å². The van der Waals surface area contributed by atoms with Gasteiger partial charge in [-0.1, -0.05) is 0 Å². The zero-order chi connectivity index (χ0) is 14.0. The Labute approximate surface area is 115 Å². The molecular formula is C15H23FN2O. The molecule has 1 unspecified atom stereocenters. The van der Waals surface area contributed by atoms with Gasteiger partial charge in [0, 0.05) is 37.8 Å². The second-order valence-corrected chi connectivity index (χ2v) is 5.45. The fraction of sp³-hybridized carbons (Fsp3) is 0.600. The average molecular weight is 266 g/mol. The molecular weight excluding hydrogens is 243 g/mol. The van der Waals surface area contributed by atoms with E-state index in [0.717, 1.165) is 25.3 Å². The Hall–Kier alpha value is -1.29. The van der Waals surface area contributed by atoms with Gasteiger partial charge >= 0.3 is 0 Å². The normalized spacial score (nSPS) is 20.9. The summed E-state index contributed by atoms with van der Waals surface area (Å²) in [5, 5.41) is 0. The third kappa shape index (κ3) is 3.00. The molecule has 1 atom stereocenters. The number of halogens is 1. The van der Waals surface area contributed by atoms with Crippen LogP contribution in [0.25, 0.3) is 0 Å². The van der Waals surface area contributed by atoms with Crippen LogP contribution in [0.3, 0.4) is 0 Å². The van der Waals surface area contributed by atoms with Crippen LogP contribution in [0.2, 0.25) is 0 Å². The van der Waals surface area contributed by atoms with Crippen molar-refractivity contribution in [3.63, 3.8) is 0 Å². The van der Waals surface area contributed by atoms with E-state index < -0.39 is 0 Å². The molecule has 1 aromatic carbocycles. The van der Waals surface area contributed by atoms with Gasteiger partial charge in [0.15, 0.2) is 0 Å². The van der Waals surface area contributed by atoms with E-state index in [2.05, 4.69) is 30.6 Å². The lowest BCUT2D eigenvalue weighted by Crippen LogP contribution is -2.54. The van der Waals surface area contributed by atoms with Crippen molar-refractivity contribution in [1.82, 2.24) is 4.90 Å². The number of hydrogen-bond acceptors (Lipinski definition) is 3. The standard InChI is InChI=1S/C15H23FN2O/c1-11(2)17-7-8-18(12(3)10-17)14-6-5-13(16)9-15(14)19-4/h5-6,9,11-12H,7-8,10H2,1-4H3. The maximum absolute atomic E-state index is 13.3. The van der Waals surface area contributed by atoms with Crippen LogP contribution in [0.5, 0.6) is 5.75 Å². The Kier molecular flexibility index (Phi) is 4.30. The molecule has 0 aromatic heterocycles. The maximum atomic E-state index is 13.3. The summed E-state index contributed by atoms with van der Waals surface area (Å²) in [6.45, 7) is 9.65. The molecule has 2 rings (SSSR count). The summed E-state index contributed by atoms with van der Waals surface area (Å²) in [6, 6.07) is 5.74. The quantitative estimate of drug-likeness (QED) is 0.836. The maximum Gasteiger partial charge on any atom is 0.145 e. The third-order valence-electron chi connectivity index (χ3n) is 3.84. The lowest BCUT2D eigenvalue weighted by Gasteiger charge is -2.43. The predicted octanol–water partition coefficient (Wildman–Crippen LogP) is 2.75. The van der Waals surface area contributed by atoms with Gasteiger partial charge in [0.2, 0.25) is 0 Å². The summed E-state index contributed by atoms with van der Waals surface area (Å²) < 4.78 is 18.6. The monoisotopic (exact) mass is 266 g/mol. The van der Waals surface area contributed by atoms with Crippen LogP contribution in [0.4, 0.5) is 10.1 Å². The smallest absolute Gasteiger partial charge is 0.145 e. The zero-order valence-corrected chi connectivity index (χ0v) is 12.2. The molecule has 0 radical (unpaired) electrons. The minimum absolute atomic E-state index is 0.255. The van der Waals surface area contributed by atoms with Crippen LogP contribution in [0, 0.1) is 5.82 Å². The topological polar surface area (TPSA) is 15.7 Å². The van der Waals surface area contributed by atoms with Crippen molar-refractivity contribution in [2.45, 2.75) is 32.9 Å². The van der Waals surface area contributed by atoms with Crippen LogP contribution in [0.15, 0.2) is 18.2 Å². The summed E-state index contributed by atoms with van der Waals surface area (Å²) in [6.07, 6.45) is 0. The van der Waals surface area contributed by atoms with Crippen molar-refractivity contribution >= 4 is 5.69 Å². The first kappa shape index (κ1) is 14.1. The Morgan fingerprint density at radius 2 is 2.05 bits per heavy atom. The van der Waals surface area contributed by atoms with Crippen LogP contribution < -0.4 is 9.64 Å². The van der Waals surface area contributed by atoms with E-state index in [-0.39, 0.29) is 5.82 Å². The first-order chi connectivity index (χ1) is 9.02. The molecule has 4 heteroatoms. The average Bonchev–Trinajstić information content (AvgIpc) is 2.38. The first-order valence-electron chi connectivity index (χ1n) is 6.87. The molecule has 1 aliphatic rings. The largest absolute Gasteiger partial charge is 0.494 e. The minimum atomic E-state index is -0.255. The molecule has 0 bridgehead atoms. The molecule has 1 heterocycles. The van der Waals surface area contributed by atoms with E-state index in [1.165, 1.54) is 12.1 Å². The number of anilines is 1. The predicted molar refractivity (Wildman–Crippen MR) is 76.5 cm³/mol. The van der Waals surface area contributed by atoms with Gasteiger partial charge in [-0.05, 0) is 32.9 Å². The van der Waals surface area contributed by atoms with E-state index in [0.29, 0.717) is 17.8 Å². The molecule has 1 saturated heterocycles. The van der Waals surface area contributed by atoms with Gasteiger partial charge in [0.05, 0.1) is 12.8 Å². The highest BCUT2D eigenvalue weighted by Gasteiger charge is 2.26. The molecule has 106 valence electrons. The fourth-order valence-electron chi connectivity index (χ4n) is 2.70. The molecule has 0 spiro atoms. The van der Waals surface area contributed by atoms with Crippen LogP contribution in [0.1, 0.15) is 20.8 Å². The van der Waals surface area contributed by atoms with Crippen molar-refractivity contribution in [3.8, 4) is 5.75 Å². The van der Waals surface area contributed by atoms with Crippen LogP contribution in [-0.4, -0.2) is 43.7 Å². The van der Waals surface area contributed by atoms with Gasteiger partial charge in [0.1, 0.15) is 11.6 Å². The highest BCUT2D eigenvalue weighted by molar-refractivity contribution is 5.59. The summed E-state index contributed by atoms with van der Waals surface area (Å²) in [7, 11) is 1.59. The summed E-state index contributed by atoms with van der Waals surface area (Å²) in [4.78, 5) is 4.77. The summed E-state index contributed by atoms with van der Waals surface area (Å²) >= 11 is 0. The van der Waals surface area contributed by atoms with E-state index >= 15 is 0 Å². The number of ether oxygens (including phenoxy) is 1. The number of benzene rings is 1. The first-order valence-corrected chi connectivity index (χ1v) is 6.87. The Bertz CT molecular complexity index is 436. The van der Waals surface area contributed by atoms with E-state index in [1.54, 1.807) is 7.11 Å². The number of methoxy groups -OCH3 is 1. The molecule has 0 amide bonds. The SMILES string of the molecule is COc1cc(F)ccc1N1CCN(C(C)C)CC1C. The number of piperazine rings is 1. The van der Waals surface area contributed by atoms with Crippen LogP contribution in [-0.2, 0) is 0 Å². The number of rotatable bonds is 3. The van der Waals surface area contributed by atoms with Crippen molar-refractivity contribution in [2.75, 3.05) is 31.6 Å². The van der Waals surface area contributed by atoms with Gasteiger partial charge in [-0.3, -0.25) is 4.90 Å². The van der Waals surface area contributed by atoms with Crippen molar-refractivity contribution in [2.24, 2.45) is 0 Å². The van der Waals surface area contributed by atoms with Crippen molar-refractivity contribution < 1.29 is 9.13 Å².